The van der Waals surface area contributed by atoms with Crippen LogP contribution in [0, 0.1) is 5.41 Å². The average Bonchev–Trinajstić information content (AvgIpc) is 3.01. The minimum atomic E-state index is 0.00243. The highest BCUT2D eigenvalue weighted by Gasteiger charge is 2.21. The Morgan fingerprint density at radius 3 is 2.78 bits per heavy atom. The van der Waals surface area contributed by atoms with Gasteiger partial charge in [0.25, 0.3) is 5.91 Å². The maximum Gasteiger partial charge on any atom is 0.265 e. The van der Waals surface area contributed by atoms with E-state index in [2.05, 4.69) is 25.8 Å². The fourth-order valence-electron chi connectivity index (χ4n) is 2.73. The van der Waals surface area contributed by atoms with Crippen molar-refractivity contribution in [2.24, 2.45) is 5.41 Å². The molecule has 0 radical (unpaired) electrons. The lowest BCUT2D eigenvalue weighted by Gasteiger charge is -2.26. The zero-order valence-electron chi connectivity index (χ0n) is 13.8. The number of carbonyl (C=O) groups is 1. The van der Waals surface area contributed by atoms with Gasteiger partial charge in [0, 0.05) is 19.8 Å². The lowest BCUT2D eigenvalue weighted by atomic mass is 9.96. The number of imidazole rings is 1. The van der Waals surface area contributed by atoms with E-state index in [0.29, 0.717) is 11.4 Å². The summed E-state index contributed by atoms with van der Waals surface area (Å²) in [6, 6.07) is 5.68. The van der Waals surface area contributed by atoms with Gasteiger partial charge in [0.2, 0.25) is 0 Å². The second-order valence-electron chi connectivity index (χ2n) is 7.06. The summed E-state index contributed by atoms with van der Waals surface area (Å²) in [5.74, 6) is 0.0237. The lowest BCUT2D eigenvalue weighted by molar-refractivity contribution is 0.0750. The Balaban J connectivity index is 1.96. The van der Waals surface area contributed by atoms with Crippen molar-refractivity contribution in [1.29, 1.82) is 0 Å². The van der Waals surface area contributed by atoms with Crippen LogP contribution in [0.2, 0.25) is 0 Å². The van der Waals surface area contributed by atoms with Crippen molar-refractivity contribution in [3.63, 3.8) is 0 Å². The quantitative estimate of drug-likeness (QED) is 0.802. The number of carbonyl (C=O) groups excluding carboxylic acids is 1. The third-order valence-corrected chi connectivity index (χ3v) is 4.59. The summed E-state index contributed by atoms with van der Waals surface area (Å²) >= 11 is 1.40. The van der Waals surface area contributed by atoms with E-state index in [1.807, 2.05) is 35.8 Å². The van der Waals surface area contributed by atoms with Crippen LogP contribution in [0.3, 0.4) is 0 Å². The van der Waals surface area contributed by atoms with Crippen LogP contribution in [-0.2, 0) is 6.61 Å². The van der Waals surface area contributed by atoms with E-state index < -0.39 is 0 Å². The largest absolute Gasteiger partial charge is 0.392 e. The van der Waals surface area contributed by atoms with E-state index in [1.165, 1.54) is 11.3 Å². The Morgan fingerprint density at radius 1 is 1.39 bits per heavy atom. The van der Waals surface area contributed by atoms with Crippen molar-refractivity contribution < 1.29 is 9.90 Å². The van der Waals surface area contributed by atoms with Crippen molar-refractivity contribution in [1.82, 2.24) is 14.3 Å². The van der Waals surface area contributed by atoms with Crippen LogP contribution in [0.4, 0.5) is 0 Å². The second-order valence-corrected chi connectivity index (χ2v) is 8.07. The van der Waals surface area contributed by atoms with Crippen molar-refractivity contribution >= 4 is 33.2 Å². The smallest absolute Gasteiger partial charge is 0.265 e. The predicted octanol–water partition coefficient (Wildman–Crippen LogP) is 3.16. The van der Waals surface area contributed by atoms with Crippen LogP contribution >= 0.6 is 11.3 Å². The van der Waals surface area contributed by atoms with Crippen LogP contribution in [0.5, 0.6) is 0 Å². The monoisotopic (exact) mass is 331 g/mol. The van der Waals surface area contributed by atoms with Crippen LogP contribution in [0.15, 0.2) is 24.4 Å². The van der Waals surface area contributed by atoms with E-state index in [0.717, 1.165) is 21.6 Å². The fourth-order valence-corrected chi connectivity index (χ4v) is 3.72. The summed E-state index contributed by atoms with van der Waals surface area (Å²) in [5, 5.41) is 9.21. The van der Waals surface area contributed by atoms with E-state index in [9.17, 15) is 9.90 Å². The highest BCUT2D eigenvalue weighted by molar-refractivity contribution is 7.18. The maximum atomic E-state index is 12.6. The van der Waals surface area contributed by atoms with Gasteiger partial charge in [-0.25, -0.2) is 4.98 Å². The Bertz CT molecular complexity index is 873. The highest BCUT2D eigenvalue weighted by atomic mass is 32.1. The van der Waals surface area contributed by atoms with Gasteiger partial charge < -0.3 is 10.0 Å². The first kappa shape index (κ1) is 16.0. The molecule has 1 N–H and O–H groups in total. The molecule has 1 aromatic carbocycles. The molecule has 1 amide bonds. The molecule has 0 saturated carbocycles. The summed E-state index contributed by atoms with van der Waals surface area (Å²) in [7, 11) is 1.84. The molecule has 23 heavy (non-hydrogen) atoms. The number of rotatable bonds is 3. The molecule has 0 atom stereocenters. The first-order valence-corrected chi connectivity index (χ1v) is 8.37. The summed E-state index contributed by atoms with van der Waals surface area (Å²) in [6.07, 6.45) is 1.86. The fraction of sp³-hybridized carbons (Fsp3) is 0.412. The van der Waals surface area contributed by atoms with Crippen molar-refractivity contribution in [3.05, 3.63) is 34.8 Å². The molecular formula is C17H21N3O2S. The third kappa shape index (κ3) is 3.09. The molecule has 3 aromatic rings. The van der Waals surface area contributed by atoms with Gasteiger partial charge >= 0.3 is 0 Å². The molecule has 2 heterocycles. The topological polar surface area (TPSA) is 57.8 Å². The minimum absolute atomic E-state index is 0.00243. The van der Waals surface area contributed by atoms with E-state index in [-0.39, 0.29) is 17.9 Å². The lowest BCUT2D eigenvalue weighted by Crippen LogP contribution is -2.34. The average molecular weight is 331 g/mol. The van der Waals surface area contributed by atoms with E-state index in [4.69, 9.17) is 0 Å². The Hall–Kier alpha value is -1.92. The summed E-state index contributed by atoms with van der Waals surface area (Å²) in [5.41, 5.74) is 2.69. The Labute approximate surface area is 139 Å². The van der Waals surface area contributed by atoms with E-state index >= 15 is 0 Å². The second kappa shape index (κ2) is 5.62. The van der Waals surface area contributed by atoms with Crippen LogP contribution in [0.25, 0.3) is 16.0 Å². The van der Waals surface area contributed by atoms with Gasteiger partial charge in [0.15, 0.2) is 4.96 Å². The number of hydrogen-bond acceptors (Lipinski definition) is 4. The number of nitrogens with zero attached hydrogens (tertiary/aromatic N) is 3. The van der Waals surface area contributed by atoms with Gasteiger partial charge in [-0.1, -0.05) is 38.2 Å². The number of aliphatic hydroxyl groups excluding tert-OH is 1. The number of fused-ring (bicyclic) bond motifs is 3. The molecule has 0 fully saturated rings. The molecule has 122 valence electrons. The Kier molecular flexibility index (Phi) is 3.90. The first-order valence-electron chi connectivity index (χ1n) is 7.55. The Morgan fingerprint density at radius 2 is 2.13 bits per heavy atom. The van der Waals surface area contributed by atoms with Crippen LogP contribution in [0.1, 0.15) is 36.0 Å². The maximum absolute atomic E-state index is 12.6. The molecule has 0 aliphatic carbocycles. The normalized spacial score (nSPS) is 12.2. The van der Waals surface area contributed by atoms with Gasteiger partial charge in [-0.2, -0.15) is 0 Å². The van der Waals surface area contributed by atoms with Gasteiger partial charge in [-0.3, -0.25) is 9.20 Å². The molecule has 6 heteroatoms. The number of amides is 1. The highest BCUT2D eigenvalue weighted by Crippen LogP contribution is 2.26. The summed E-state index contributed by atoms with van der Waals surface area (Å²) < 4.78 is 1.94. The summed E-state index contributed by atoms with van der Waals surface area (Å²) in [4.78, 5) is 20.4. The molecular weight excluding hydrogens is 310 g/mol. The summed E-state index contributed by atoms with van der Waals surface area (Å²) in [6.45, 7) is 7.05. The molecule has 5 nitrogen and oxygen atoms in total. The zero-order chi connectivity index (χ0) is 16.8. The third-order valence-electron chi connectivity index (χ3n) is 3.62. The number of benzene rings is 1. The SMILES string of the molecule is CN(CC(C)(C)C)C(=O)c1cn2c(nc3cc(CO)ccc32)s1. The van der Waals surface area contributed by atoms with Gasteiger partial charge in [-0.15, -0.1) is 0 Å². The van der Waals surface area contributed by atoms with Gasteiger partial charge in [0.05, 0.1) is 17.6 Å². The molecule has 3 rings (SSSR count). The molecule has 0 aliphatic heterocycles. The number of aromatic nitrogens is 2. The van der Waals surface area contributed by atoms with E-state index in [1.54, 1.807) is 4.90 Å². The molecule has 0 aliphatic rings. The number of thiazole rings is 1. The minimum Gasteiger partial charge on any atom is -0.392 e. The van der Waals surface area contributed by atoms with Crippen LogP contribution < -0.4 is 0 Å². The number of aliphatic hydroxyl groups is 1. The van der Waals surface area contributed by atoms with Gasteiger partial charge in [-0.05, 0) is 23.1 Å². The molecule has 0 bridgehead atoms. The molecule has 2 aromatic heterocycles. The first-order chi connectivity index (χ1) is 10.8. The van der Waals surface area contributed by atoms with Crippen LogP contribution in [-0.4, -0.2) is 38.9 Å². The predicted molar refractivity (Wildman–Crippen MR) is 92.9 cm³/mol. The van der Waals surface area contributed by atoms with Crippen molar-refractivity contribution in [3.8, 4) is 0 Å². The van der Waals surface area contributed by atoms with Gasteiger partial charge in [0.1, 0.15) is 4.88 Å². The molecule has 0 saturated heterocycles. The van der Waals surface area contributed by atoms with Crippen molar-refractivity contribution in [2.45, 2.75) is 27.4 Å². The standard InChI is InChI=1S/C17H21N3O2S/c1-17(2,3)10-19(4)15(22)14-8-20-13-6-5-11(9-21)7-12(13)18-16(20)23-14/h5-8,21H,9-10H2,1-4H3. The molecule has 0 spiro atoms. The zero-order valence-corrected chi connectivity index (χ0v) is 14.6. The van der Waals surface area contributed by atoms with Crippen molar-refractivity contribution in [2.75, 3.05) is 13.6 Å². The molecule has 0 unspecified atom stereocenters. The number of hydrogen-bond donors (Lipinski definition) is 1.